The Morgan fingerprint density at radius 2 is 1.80 bits per heavy atom. The number of benzene rings is 1. The summed E-state index contributed by atoms with van der Waals surface area (Å²) in [7, 11) is 0. The summed E-state index contributed by atoms with van der Waals surface area (Å²) in [6.45, 7) is 5.44. The summed E-state index contributed by atoms with van der Waals surface area (Å²) < 4.78 is 36.6. The van der Waals surface area contributed by atoms with Crippen LogP contribution in [0.5, 0.6) is 0 Å². The number of hydrogen-bond donors (Lipinski definition) is 1. The van der Waals surface area contributed by atoms with Gasteiger partial charge in [-0.15, -0.1) is 6.58 Å². The summed E-state index contributed by atoms with van der Waals surface area (Å²) >= 11 is 0. The van der Waals surface area contributed by atoms with E-state index in [1.807, 2.05) is 6.92 Å². The Morgan fingerprint density at radius 1 is 1.27 bits per heavy atom. The molecule has 0 aromatic heterocycles. The van der Waals surface area contributed by atoms with Crippen LogP contribution in [0, 0.1) is 0 Å². The molecule has 0 bridgehead atoms. The SMILES string of the molecule is C=CC(C)Nc1ccc(C(F)(F)F)cc1. The predicted octanol–water partition coefficient (Wildman–Crippen LogP) is 3.69. The quantitative estimate of drug-likeness (QED) is 0.758. The van der Waals surface area contributed by atoms with Crippen molar-refractivity contribution in [1.29, 1.82) is 0 Å². The summed E-state index contributed by atoms with van der Waals surface area (Å²) in [5, 5.41) is 2.98. The van der Waals surface area contributed by atoms with Crippen LogP contribution in [-0.4, -0.2) is 6.04 Å². The van der Waals surface area contributed by atoms with Gasteiger partial charge in [-0.25, -0.2) is 0 Å². The first-order valence-corrected chi connectivity index (χ1v) is 4.50. The topological polar surface area (TPSA) is 12.0 Å². The van der Waals surface area contributed by atoms with Crippen LogP contribution in [0.2, 0.25) is 0 Å². The van der Waals surface area contributed by atoms with Crippen LogP contribution in [0.4, 0.5) is 18.9 Å². The molecule has 0 spiro atoms. The Morgan fingerprint density at radius 3 is 2.20 bits per heavy atom. The zero-order valence-corrected chi connectivity index (χ0v) is 8.31. The highest BCUT2D eigenvalue weighted by molar-refractivity contribution is 5.46. The van der Waals surface area contributed by atoms with Gasteiger partial charge in [-0.05, 0) is 31.2 Å². The lowest BCUT2D eigenvalue weighted by Gasteiger charge is -2.12. The maximum absolute atomic E-state index is 12.2. The summed E-state index contributed by atoms with van der Waals surface area (Å²) in [6.07, 6.45) is -2.60. The van der Waals surface area contributed by atoms with Gasteiger partial charge in [0.1, 0.15) is 0 Å². The monoisotopic (exact) mass is 215 g/mol. The van der Waals surface area contributed by atoms with E-state index in [0.29, 0.717) is 5.69 Å². The second-order valence-corrected chi connectivity index (χ2v) is 3.24. The molecule has 1 nitrogen and oxygen atoms in total. The van der Waals surface area contributed by atoms with E-state index < -0.39 is 11.7 Å². The van der Waals surface area contributed by atoms with Gasteiger partial charge >= 0.3 is 6.18 Å². The molecule has 0 radical (unpaired) electrons. The van der Waals surface area contributed by atoms with Crippen LogP contribution in [0.1, 0.15) is 12.5 Å². The third-order valence-corrected chi connectivity index (χ3v) is 1.96. The number of hydrogen-bond acceptors (Lipinski definition) is 1. The van der Waals surface area contributed by atoms with Gasteiger partial charge in [0.2, 0.25) is 0 Å². The average molecular weight is 215 g/mol. The number of anilines is 1. The highest BCUT2D eigenvalue weighted by atomic mass is 19.4. The van der Waals surface area contributed by atoms with E-state index in [1.165, 1.54) is 12.1 Å². The van der Waals surface area contributed by atoms with Crippen molar-refractivity contribution in [3.05, 3.63) is 42.5 Å². The molecule has 1 atom stereocenters. The highest BCUT2D eigenvalue weighted by Gasteiger charge is 2.29. The number of halogens is 3. The Labute approximate surface area is 86.6 Å². The van der Waals surface area contributed by atoms with Crippen LogP contribution >= 0.6 is 0 Å². The lowest BCUT2D eigenvalue weighted by atomic mass is 10.2. The minimum atomic E-state index is -4.28. The van der Waals surface area contributed by atoms with Crippen molar-refractivity contribution in [3.8, 4) is 0 Å². The number of nitrogens with one attached hydrogen (secondary N) is 1. The maximum atomic E-state index is 12.2. The maximum Gasteiger partial charge on any atom is 0.416 e. The van der Waals surface area contributed by atoms with Crippen LogP contribution in [0.15, 0.2) is 36.9 Å². The van der Waals surface area contributed by atoms with E-state index >= 15 is 0 Å². The fourth-order valence-corrected chi connectivity index (χ4v) is 1.08. The molecule has 0 aliphatic rings. The van der Waals surface area contributed by atoms with E-state index in [0.717, 1.165) is 12.1 Å². The lowest BCUT2D eigenvalue weighted by molar-refractivity contribution is -0.137. The molecule has 0 amide bonds. The molecule has 1 unspecified atom stereocenters. The summed E-state index contributed by atoms with van der Waals surface area (Å²) in [5.41, 5.74) is 0.00899. The van der Waals surface area contributed by atoms with Gasteiger partial charge in [-0.2, -0.15) is 13.2 Å². The van der Waals surface area contributed by atoms with Crippen molar-refractivity contribution >= 4 is 5.69 Å². The normalized spacial score (nSPS) is 13.3. The minimum Gasteiger partial charge on any atom is -0.379 e. The Balaban J connectivity index is 2.77. The number of rotatable bonds is 3. The van der Waals surface area contributed by atoms with Crippen molar-refractivity contribution in [3.63, 3.8) is 0 Å². The molecular weight excluding hydrogens is 203 g/mol. The molecule has 0 saturated heterocycles. The zero-order valence-electron chi connectivity index (χ0n) is 8.31. The van der Waals surface area contributed by atoms with E-state index in [1.54, 1.807) is 6.08 Å². The van der Waals surface area contributed by atoms with Crippen molar-refractivity contribution < 1.29 is 13.2 Å². The minimum absolute atomic E-state index is 0.0294. The Hall–Kier alpha value is -1.45. The zero-order chi connectivity index (χ0) is 11.5. The van der Waals surface area contributed by atoms with Gasteiger partial charge in [0.25, 0.3) is 0 Å². The van der Waals surface area contributed by atoms with Crippen molar-refractivity contribution in [2.75, 3.05) is 5.32 Å². The molecule has 0 heterocycles. The third-order valence-electron chi connectivity index (χ3n) is 1.96. The molecule has 1 aromatic carbocycles. The fraction of sp³-hybridized carbons (Fsp3) is 0.273. The van der Waals surface area contributed by atoms with E-state index in [9.17, 15) is 13.2 Å². The summed E-state index contributed by atoms with van der Waals surface area (Å²) in [4.78, 5) is 0. The average Bonchev–Trinajstić information content (AvgIpc) is 2.17. The molecular formula is C11H12F3N. The first-order valence-electron chi connectivity index (χ1n) is 4.50. The first kappa shape index (κ1) is 11.6. The lowest BCUT2D eigenvalue weighted by Crippen LogP contribution is -2.11. The summed E-state index contributed by atoms with van der Waals surface area (Å²) in [5.74, 6) is 0. The van der Waals surface area contributed by atoms with Crippen molar-refractivity contribution in [2.24, 2.45) is 0 Å². The van der Waals surface area contributed by atoms with E-state index in [2.05, 4.69) is 11.9 Å². The second-order valence-electron chi connectivity index (χ2n) is 3.24. The van der Waals surface area contributed by atoms with Crippen LogP contribution in [-0.2, 0) is 6.18 Å². The molecule has 82 valence electrons. The fourth-order valence-electron chi connectivity index (χ4n) is 1.08. The highest BCUT2D eigenvalue weighted by Crippen LogP contribution is 2.29. The predicted molar refractivity (Wildman–Crippen MR) is 54.7 cm³/mol. The summed E-state index contributed by atoms with van der Waals surface area (Å²) in [6, 6.07) is 4.95. The molecule has 4 heteroatoms. The van der Waals surface area contributed by atoms with Crippen LogP contribution in [0.25, 0.3) is 0 Å². The number of alkyl halides is 3. The third kappa shape index (κ3) is 3.31. The van der Waals surface area contributed by atoms with Gasteiger partial charge in [0.05, 0.1) is 5.56 Å². The van der Waals surface area contributed by atoms with Gasteiger partial charge in [-0.3, -0.25) is 0 Å². The van der Waals surface area contributed by atoms with Gasteiger partial charge in [0, 0.05) is 11.7 Å². The molecule has 15 heavy (non-hydrogen) atoms. The van der Waals surface area contributed by atoms with Crippen LogP contribution < -0.4 is 5.32 Å². The van der Waals surface area contributed by atoms with E-state index in [-0.39, 0.29) is 6.04 Å². The van der Waals surface area contributed by atoms with Crippen LogP contribution in [0.3, 0.4) is 0 Å². The van der Waals surface area contributed by atoms with Crippen molar-refractivity contribution in [2.45, 2.75) is 19.1 Å². The Bertz CT molecular complexity index is 327. The van der Waals surface area contributed by atoms with Gasteiger partial charge in [0.15, 0.2) is 0 Å². The van der Waals surface area contributed by atoms with E-state index in [4.69, 9.17) is 0 Å². The second kappa shape index (κ2) is 4.38. The smallest absolute Gasteiger partial charge is 0.379 e. The molecule has 0 saturated carbocycles. The largest absolute Gasteiger partial charge is 0.416 e. The van der Waals surface area contributed by atoms with Gasteiger partial charge in [-0.1, -0.05) is 6.08 Å². The molecule has 0 aliphatic heterocycles. The Kier molecular flexibility index (Phi) is 3.39. The molecule has 1 aromatic rings. The molecule has 1 N–H and O–H groups in total. The van der Waals surface area contributed by atoms with Crippen molar-refractivity contribution in [1.82, 2.24) is 0 Å². The first-order chi connectivity index (χ1) is 6.93. The molecule has 0 fully saturated rings. The standard InChI is InChI=1S/C11H12F3N/c1-3-8(2)15-10-6-4-9(5-7-10)11(12,13)14/h3-8,15H,1H2,2H3. The van der Waals surface area contributed by atoms with Gasteiger partial charge < -0.3 is 5.32 Å². The molecule has 1 rings (SSSR count). The molecule has 0 aliphatic carbocycles.